The zero-order chi connectivity index (χ0) is 16.1. The molecule has 0 radical (unpaired) electrons. The zero-order valence-electron chi connectivity index (χ0n) is 12.5. The van der Waals surface area contributed by atoms with Crippen LogP contribution in [0.3, 0.4) is 0 Å². The van der Waals surface area contributed by atoms with Gasteiger partial charge in [-0.05, 0) is 19.1 Å². The lowest BCUT2D eigenvalue weighted by molar-refractivity contribution is -0.130. The number of benzene rings is 1. The minimum Gasteiger partial charge on any atom is -0.361 e. The van der Waals surface area contributed by atoms with E-state index in [1.807, 2.05) is 12.1 Å². The number of carbonyl (C=O) groups is 2. The van der Waals surface area contributed by atoms with Gasteiger partial charge in [0, 0.05) is 36.0 Å². The Morgan fingerprint density at radius 1 is 1.23 bits per heavy atom. The van der Waals surface area contributed by atoms with Crippen molar-refractivity contribution in [1.82, 2.24) is 10.1 Å². The maximum Gasteiger partial charge on any atom is 0.223 e. The minimum absolute atomic E-state index is 0.0356. The summed E-state index contributed by atoms with van der Waals surface area (Å²) in [6.45, 7) is 2.18. The molecule has 116 valence electrons. The molecule has 0 unspecified atom stereocenters. The van der Waals surface area contributed by atoms with Gasteiger partial charge in [-0.2, -0.15) is 0 Å². The summed E-state index contributed by atoms with van der Waals surface area (Å²) in [6, 6.07) is 8.91. The van der Waals surface area contributed by atoms with Crippen LogP contribution in [0.2, 0.25) is 0 Å². The van der Waals surface area contributed by atoms with Gasteiger partial charge in [0.05, 0.1) is 6.54 Å². The molecule has 22 heavy (non-hydrogen) atoms. The number of rotatable bonds is 6. The molecule has 6 heteroatoms. The van der Waals surface area contributed by atoms with Crippen molar-refractivity contribution in [2.45, 2.75) is 26.3 Å². The van der Waals surface area contributed by atoms with E-state index in [0.29, 0.717) is 23.6 Å². The number of aryl methyl sites for hydroxylation is 1. The van der Waals surface area contributed by atoms with Crippen molar-refractivity contribution in [1.29, 1.82) is 0 Å². The van der Waals surface area contributed by atoms with Gasteiger partial charge >= 0.3 is 0 Å². The molecule has 0 atom stereocenters. The van der Waals surface area contributed by atoms with E-state index in [-0.39, 0.29) is 24.5 Å². The third kappa shape index (κ3) is 4.53. The van der Waals surface area contributed by atoms with Crippen LogP contribution in [0.15, 0.2) is 39.3 Å². The average Bonchev–Trinajstić information content (AvgIpc) is 2.90. The molecule has 0 spiro atoms. The molecule has 5 nitrogen and oxygen atoms in total. The number of Topliss-reactive ketones (excluding diaryl/α,β-unsaturated/α-hetero) is 1. The van der Waals surface area contributed by atoms with Crippen LogP contribution in [0, 0.1) is 6.92 Å². The van der Waals surface area contributed by atoms with E-state index in [1.54, 1.807) is 37.1 Å². The van der Waals surface area contributed by atoms with Crippen molar-refractivity contribution in [3.8, 4) is 0 Å². The largest absolute Gasteiger partial charge is 0.361 e. The first kappa shape index (κ1) is 16.4. The number of hydrogen-bond acceptors (Lipinski definition) is 4. The molecular formula is C16H17BrN2O3. The highest BCUT2D eigenvalue weighted by atomic mass is 79.9. The van der Waals surface area contributed by atoms with Crippen LogP contribution in [0.4, 0.5) is 0 Å². The van der Waals surface area contributed by atoms with Crippen molar-refractivity contribution in [3.05, 3.63) is 51.8 Å². The fourth-order valence-corrected chi connectivity index (χ4v) is 2.28. The SMILES string of the molecule is Cc1cc(CN(C)C(=O)CCC(=O)c2ccc(Br)cc2)no1. The smallest absolute Gasteiger partial charge is 0.223 e. The van der Waals surface area contributed by atoms with Crippen LogP contribution in [0.1, 0.15) is 34.7 Å². The number of carbonyl (C=O) groups excluding carboxylic acids is 2. The molecule has 0 bridgehead atoms. The van der Waals surface area contributed by atoms with Gasteiger partial charge in [0.25, 0.3) is 0 Å². The highest BCUT2D eigenvalue weighted by molar-refractivity contribution is 9.10. The van der Waals surface area contributed by atoms with E-state index in [4.69, 9.17) is 4.52 Å². The molecule has 0 saturated carbocycles. The number of aromatic nitrogens is 1. The van der Waals surface area contributed by atoms with Crippen LogP contribution >= 0.6 is 15.9 Å². The number of amides is 1. The van der Waals surface area contributed by atoms with Gasteiger partial charge in [-0.3, -0.25) is 9.59 Å². The van der Waals surface area contributed by atoms with Crippen molar-refractivity contribution in [2.75, 3.05) is 7.05 Å². The van der Waals surface area contributed by atoms with Gasteiger partial charge in [0.15, 0.2) is 5.78 Å². The van der Waals surface area contributed by atoms with Gasteiger partial charge in [-0.25, -0.2) is 0 Å². The lowest BCUT2D eigenvalue weighted by Gasteiger charge is -2.15. The molecule has 2 aromatic rings. The van der Waals surface area contributed by atoms with Gasteiger partial charge in [-0.1, -0.05) is 33.2 Å². The second kappa shape index (κ2) is 7.35. The number of nitrogens with zero attached hydrogens (tertiary/aromatic N) is 2. The van der Waals surface area contributed by atoms with Gasteiger partial charge in [0.1, 0.15) is 11.5 Å². The van der Waals surface area contributed by atoms with E-state index >= 15 is 0 Å². The normalized spacial score (nSPS) is 10.5. The molecule has 1 amide bonds. The minimum atomic E-state index is -0.0916. The summed E-state index contributed by atoms with van der Waals surface area (Å²) in [4.78, 5) is 25.6. The predicted molar refractivity (Wildman–Crippen MR) is 85.4 cm³/mol. The average molecular weight is 365 g/mol. The third-order valence-corrected chi connectivity index (χ3v) is 3.76. The Balaban J connectivity index is 1.83. The van der Waals surface area contributed by atoms with E-state index in [0.717, 1.165) is 4.47 Å². The van der Waals surface area contributed by atoms with E-state index < -0.39 is 0 Å². The molecule has 0 aliphatic carbocycles. The van der Waals surface area contributed by atoms with Crippen LogP contribution in [-0.4, -0.2) is 28.8 Å². The first-order valence-electron chi connectivity index (χ1n) is 6.90. The Kier molecular flexibility index (Phi) is 5.49. The molecule has 0 saturated heterocycles. The molecule has 0 aliphatic rings. The summed E-state index contributed by atoms with van der Waals surface area (Å²) in [5, 5.41) is 3.85. The zero-order valence-corrected chi connectivity index (χ0v) is 14.1. The number of ketones is 1. The van der Waals surface area contributed by atoms with Crippen molar-refractivity contribution in [2.24, 2.45) is 0 Å². The van der Waals surface area contributed by atoms with Gasteiger partial charge in [-0.15, -0.1) is 0 Å². The summed E-state index contributed by atoms with van der Waals surface area (Å²) in [7, 11) is 1.69. The molecule has 1 aromatic heterocycles. The molecule has 1 heterocycles. The van der Waals surface area contributed by atoms with E-state index in [9.17, 15) is 9.59 Å². The van der Waals surface area contributed by atoms with E-state index in [2.05, 4.69) is 21.1 Å². The summed E-state index contributed by atoms with van der Waals surface area (Å²) in [5.41, 5.74) is 1.32. The highest BCUT2D eigenvalue weighted by Crippen LogP contribution is 2.13. The summed E-state index contributed by atoms with van der Waals surface area (Å²) < 4.78 is 5.88. The Labute approximate surface area is 137 Å². The van der Waals surface area contributed by atoms with Crippen molar-refractivity contribution in [3.63, 3.8) is 0 Å². The lowest BCUT2D eigenvalue weighted by atomic mass is 10.1. The summed E-state index contributed by atoms with van der Waals surface area (Å²) in [5.74, 6) is 0.582. The summed E-state index contributed by atoms with van der Waals surface area (Å²) in [6.07, 6.45) is 0.380. The molecule has 2 rings (SSSR count). The van der Waals surface area contributed by atoms with E-state index in [1.165, 1.54) is 0 Å². The van der Waals surface area contributed by atoms with Crippen molar-refractivity contribution < 1.29 is 14.1 Å². The summed E-state index contributed by atoms with van der Waals surface area (Å²) >= 11 is 3.32. The standard InChI is InChI=1S/C16H17BrN2O3/c1-11-9-14(18-22-11)10-19(2)16(21)8-7-15(20)12-3-5-13(17)6-4-12/h3-6,9H,7-8,10H2,1-2H3. The fourth-order valence-electron chi connectivity index (χ4n) is 2.02. The Morgan fingerprint density at radius 2 is 1.91 bits per heavy atom. The molecule has 1 aromatic carbocycles. The Bertz CT molecular complexity index is 664. The first-order chi connectivity index (χ1) is 10.5. The van der Waals surface area contributed by atoms with Crippen LogP contribution in [0.25, 0.3) is 0 Å². The van der Waals surface area contributed by atoms with Crippen LogP contribution in [-0.2, 0) is 11.3 Å². The highest BCUT2D eigenvalue weighted by Gasteiger charge is 2.14. The first-order valence-corrected chi connectivity index (χ1v) is 7.70. The second-order valence-corrected chi connectivity index (χ2v) is 6.02. The maximum absolute atomic E-state index is 12.1. The monoisotopic (exact) mass is 364 g/mol. The van der Waals surface area contributed by atoms with Crippen LogP contribution in [0.5, 0.6) is 0 Å². The second-order valence-electron chi connectivity index (χ2n) is 5.11. The lowest BCUT2D eigenvalue weighted by Crippen LogP contribution is -2.26. The fraction of sp³-hybridized carbons (Fsp3) is 0.312. The van der Waals surface area contributed by atoms with Crippen molar-refractivity contribution >= 4 is 27.6 Å². The predicted octanol–water partition coefficient (Wildman–Crippen LogP) is 3.37. The molecular weight excluding hydrogens is 348 g/mol. The van der Waals surface area contributed by atoms with Gasteiger partial charge < -0.3 is 9.42 Å². The Hall–Kier alpha value is -1.95. The third-order valence-electron chi connectivity index (χ3n) is 3.23. The van der Waals surface area contributed by atoms with Gasteiger partial charge in [0.2, 0.25) is 5.91 Å². The number of halogens is 1. The molecule has 0 N–H and O–H groups in total. The number of hydrogen-bond donors (Lipinski definition) is 0. The topological polar surface area (TPSA) is 63.4 Å². The van der Waals surface area contributed by atoms with Crippen LogP contribution < -0.4 is 0 Å². The quantitative estimate of drug-likeness (QED) is 0.737. The Morgan fingerprint density at radius 3 is 2.50 bits per heavy atom. The maximum atomic E-state index is 12.1. The molecule has 0 aliphatic heterocycles. The molecule has 0 fully saturated rings.